The van der Waals surface area contributed by atoms with E-state index in [2.05, 4.69) is 0 Å². The summed E-state index contributed by atoms with van der Waals surface area (Å²) in [6.07, 6.45) is 1.67. The van der Waals surface area contributed by atoms with Crippen molar-refractivity contribution in [2.24, 2.45) is 5.92 Å². The van der Waals surface area contributed by atoms with Crippen LogP contribution in [-0.2, 0) is 0 Å². The van der Waals surface area contributed by atoms with Gasteiger partial charge in [0, 0.05) is 17.5 Å². The molecule has 82 valence electrons. The number of allylic oxidation sites excluding steroid dienone is 1. The quantitative estimate of drug-likeness (QED) is 0.682. The highest BCUT2D eigenvalue weighted by atomic mass is 35.5. The van der Waals surface area contributed by atoms with Crippen molar-refractivity contribution in [3.8, 4) is 0 Å². The zero-order valence-corrected chi connectivity index (χ0v) is 9.48. The van der Waals surface area contributed by atoms with Gasteiger partial charge in [0.1, 0.15) is 11.6 Å². The van der Waals surface area contributed by atoms with Crippen LogP contribution in [0.3, 0.4) is 0 Å². The first kappa shape index (κ1) is 12.2. The van der Waals surface area contributed by atoms with E-state index in [-0.39, 0.29) is 5.92 Å². The molecule has 0 saturated heterocycles. The van der Waals surface area contributed by atoms with Gasteiger partial charge in [-0.2, -0.15) is 0 Å². The van der Waals surface area contributed by atoms with Crippen LogP contribution in [0.4, 0.5) is 8.78 Å². The second kappa shape index (κ2) is 5.26. The predicted molar refractivity (Wildman–Crippen MR) is 59.9 cm³/mol. The van der Waals surface area contributed by atoms with Crippen LogP contribution in [0.1, 0.15) is 19.4 Å². The highest BCUT2D eigenvalue weighted by Crippen LogP contribution is 2.18. The molecule has 15 heavy (non-hydrogen) atoms. The molecule has 0 aliphatic carbocycles. The van der Waals surface area contributed by atoms with Crippen LogP contribution in [0, 0.1) is 17.6 Å². The Labute approximate surface area is 93.6 Å². The number of alkyl halides is 1. The summed E-state index contributed by atoms with van der Waals surface area (Å²) < 4.78 is 25.9. The molecule has 0 saturated carbocycles. The molecule has 0 aliphatic rings. The number of hydrogen-bond acceptors (Lipinski definition) is 0. The summed E-state index contributed by atoms with van der Waals surface area (Å²) in [6, 6.07) is 3.53. The molecule has 3 heteroatoms. The minimum absolute atomic E-state index is 0.256. The van der Waals surface area contributed by atoms with Gasteiger partial charge in [0.25, 0.3) is 0 Å². The van der Waals surface area contributed by atoms with E-state index in [4.69, 9.17) is 11.6 Å². The first-order valence-corrected chi connectivity index (χ1v) is 5.29. The average Bonchev–Trinajstić information content (AvgIpc) is 2.16. The van der Waals surface area contributed by atoms with Gasteiger partial charge in [-0.1, -0.05) is 25.5 Å². The van der Waals surface area contributed by atoms with E-state index in [1.807, 2.05) is 13.8 Å². The number of halogens is 3. The molecule has 0 aromatic heterocycles. The molecule has 1 rings (SSSR count). The van der Waals surface area contributed by atoms with Crippen LogP contribution in [0.2, 0.25) is 0 Å². The molecule has 0 nitrogen and oxygen atoms in total. The normalized spacial score (nSPS) is 12.3. The highest BCUT2D eigenvalue weighted by Gasteiger charge is 2.05. The monoisotopic (exact) mass is 230 g/mol. The van der Waals surface area contributed by atoms with Gasteiger partial charge in [0.05, 0.1) is 0 Å². The molecular weight excluding hydrogens is 218 g/mol. The molecular formula is C12H13ClF2. The summed E-state index contributed by atoms with van der Waals surface area (Å²) in [5.41, 5.74) is 1.31. The van der Waals surface area contributed by atoms with E-state index < -0.39 is 11.6 Å². The largest absolute Gasteiger partial charge is 0.207 e. The fourth-order valence-corrected chi connectivity index (χ4v) is 1.56. The van der Waals surface area contributed by atoms with Gasteiger partial charge in [-0.05, 0) is 18.1 Å². The summed E-state index contributed by atoms with van der Waals surface area (Å²) >= 11 is 5.73. The van der Waals surface area contributed by atoms with Crippen molar-refractivity contribution in [2.45, 2.75) is 13.8 Å². The molecule has 0 aliphatic heterocycles. The fourth-order valence-electron chi connectivity index (χ4n) is 1.18. The van der Waals surface area contributed by atoms with Crippen LogP contribution in [0.15, 0.2) is 23.8 Å². The van der Waals surface area contributed by atoms with Crippen LogP contribution in [0.5, 0.6) is 0 Å². The Hall–Kier alpha value is -0.890. The fraction of sp³-hybridized carbons (Fsp3) is 0.333. The van der Waals surface area contributed by atoms with Crippen LogP contribution in [0.25, 0.3) is 6.08 Å². The lowest BCUT2D eigenvalue weighted by Crippen LogP contribution is -1.96. The van der Waals surface area contributed by atoms with Gasteiger partial charge in [-0.3, -0.25) is 0 Å². The van der Waals surface area contributed by atoms with Crippen LogP contribution >= 0.6 is 11.6 Å². The van der Waals surface area contributed by atoms with Gasteiger partial charge < -0.3 is 0 Å². The Kier molecular flexibility index (Phi) is 4.28. The summed E-state index contributed by atoms with van der Waals surface area (Å²) in [5.74, 6) is -0.513. The Morgan fingerprint density at radius 2 is 2.07 bits per heavy atom. The predicted octanol–water partition coefficient (Wildman–Crippen LogP) is 4.24. The topological polar surface area (TPSA) is 0 Å². The van der Waals surface area contributed by atoms with Crippen molar-refractivity contribution in [1.82, 2.24) is 0 Å². The lowest BCUT2D eigenvalue weighted by molar-refractivity contribution is 0.581. The smallest absolute Gasteiger partial charge is 0.133 e. The van der Waals surface area contributed by atoms with E-state index in [0.717, 1.165) is 11.6 Å². The summed E-state index contributed by atoms with van der Waals surface area (Å²) in [6.45, 7) is 3.96. The third-order valence-corrected chi connectivity index (χ3v) is 2.51. The van der Waals surface area contributed by atoms with Crippen molar-refractivity contribution in [3.05, 3.63) is 41.0 Å². The maximum atomic E-state index is 13.3. The molecule has 1 aromatic carbocycles. The molecule has 0 N–H and O–H groups in total. The molecule has 0 atom stereocenters. The third kappa shape index (κ3) is 3.31. The molecule has 0 spiro atoms. The first-order valence-electron chi connectivity index (χ1n) is 4.76. The minimum atomic E-state index is -0.568. The molecule has 0 unspecified atom stereocenters. The Morgan fingerprint density at radius 3 is 2.53 bits per heavy atom. The first-order chi connectivity index (χ1) is 7.04. The summed E-state index contributed by atoms with van der Waals surface area (Å²) in [5, 5.41) is 0. The standard InChI is InChI=1S/C12H13ClF2/c1-8(2)10(7-13)5-9-3-4-11(14)6-12(9)15/h3-6,8H,7H2,1-2H3. The van der Waals surface area contributed by atoms with Crippen molar-refractivity contribution in [1.29, 1.82) is 0 Å². The van der Waals surface area contributed by atoms with Crippen molar-refractivity contribution >= 4 is 17.7 Å². The third-order valence-electron chi connectivity index (χ3n) is 2.20. The van der Waals surface area contributed by atoms with Gasteiger partial charge in [0.15, 0.2) is 0 Å². The van der Waals surface area contributed by atoms with Crippen molar-refractivity contribution in [3.63, 3.8) is 0 Å². The number of benzene rings is 1. The van der Waals surface area contributed by atoms with Gasteiger partial charge in [-0.15, -0.1) is 11.6 Å². The van der Waals surface area contributed by atoms with Crippen LogP contribution < -0.4 is 0 Å². The number of hydrogen-bond donors (Lipinski definition) is 0. The summed E-state index contributed by atoms with van der Waals surface area (Å²) in [4.78, 5) is 0. The van der Waals surface area contributed by atoms with E-state index in [1.54, 1.807) is 6.08 Å². The second-order valence-corrected chi connectivity index (χ2v) is 3.94. The highest BCUT2D eigenvalue weighted by molar-refractivity contribution is 6.19. The lowest BCUT2D eigenvalue weighted by Gasteiger charge is -2.08. The SMILES string of the molecule is CC(C)C(=Cc1ccc(F)cc1F)CCl. The average molecular weight is 231 g/mol. The zero-order valence-electron chi connectivity index (χ0n) is 8.73. The maximum absolute atomic E-state index is 13.3. The van der Waals surface area contributed by atoms with Crippen molar-refractivity contribution < 1.29 is 8.78 Å². The summed E-state index contributed by atoms with van der Waals surface area (Å²) in [7, 11) is 0. The van der Waals surface area contributed by atoms with Gasteiger partial charge >= 0.3 is 0 Å². The Balaban J connectivity index is 3.06. The Morgan fingerprint density at radius 1 is 1.40 bits per heavy atom. The minimum Gasteiger partial charge on any atom is -0.207 e. The van der Waals surface area contributed by atoms with E-state index in [0.29, 0.717) is 11.4 Å². The van der Waals surface area contributed by atoms with E-state index >= 15 is 0 Å². The molecule has 0 radical (unpaired) electrons. The molecule has 0 fully saturated rings. The van der Waals surface area contributed by atoms with E-state index in [1.165, 1.54) is 12.1 Å². The van der Waals surface area contributed by atoms with Crippen molar-refractivity contribution in [2.75, 3.05) is 5.88 Å². The molecule has 0 heterocycles. The van der Waals surface area contributed by atoms with E-state index in [9.17, 15) is 8.78 Å². The molecule has 0 amide bonds. The van der Waals surface area contributed by atoms with Crippen LogP contribution in [-0.4, -0.2) is 5.88 Å². The zero-order chi connectivity index (χ0) is 11.4. The maximum Gasteiger partial charge on any atom is 0.133 e. The second-order valence-electron chi connectivity index (χ2n) is 3.67. The Bertz CT molecular complexity index is 370. The van der Waals surface area contributed by atoms with Gasteiger partial charge in [-0.25, -0.2) is 8.78 Å². The lowest BCUT2D eigenvalue weighted by atomic mass is 10.0. The van der Waals surface area contributed by atoms with Gasteiger partial charge in [0.2, 0.25) is 0 Å². The molecule has 1 aromatic rings. The number of rotatable bonds is 3. The molecule has 0 bridgehead atoms.